The van der Waals surface area contributed by atoms with Crippen molar-refractivity contribution in [2.24, 2.45) is 0 Å². The van der Waals surface area contributed by atoms with E-state index in [4.69, 9.17) is 11.6 Å². The Balaban J connectivity index is 2.75. The second kappa shape index (κ2) is 4.97. The minimum absolute atomic E-state index is 0.745. The Kier molecular flexibility index (Phi) is 3.90. The van der Waals surface area contributed by atoms with Crippen LogP contribution in [0, 0.1) is 0 Å². The zero-order valence-electron chi connectivity index (χ0n) is 8.05. The highest BCUT2D eigenvalue weighted by Crippen LogP contribution is 2.09. The van der Waals surface area contributed by atoms with E-state index in [2.05, 4.69) is 24.1 Å². The Morgan fingerprint density at radius 2 is 2.00 bits per heavy atom. The lowest BCUT2D eigenvalue weighted by Gasteiger charge is -2.23. The van der Waals surface area contributed by atoms with Crippen molar-refractivity contribution >= 4 is 11.6 Å². The largest absolute Gasteiger partial charge is 0.359 e. The number of halogens is 1. The van der Waals surface area contributed by atoms with E-state index in [1.165, 1.54) is 0 Å². The predicted molar refractivity (Wildman–Crippen MR) is 57.2 cm³/mol. The van der Waals surface area contributed by atoms with Gasteiger partial charge in [0.1, 0.15) is 5.82 Å². The van der Waals surface area contributed by atoms with Crippen LogP contribution >= 0.6 is 11.6 Å². The van der Waals surface area contributed by atoms with Crippen LogP contribution in [0.3, 0.4) is 0 Å². The standard InChI is InChI=1S/C10H15ClN2/c1-3-13(4-2)10-6-5-9(11)7-8-12-10/h5-8,12H,3-4H2,1-2H3. The van der Waals surface area contributed by atoms with Crippen molar-refractivity contribution in [2.75, 3.05) is 13.1 Å². The van der Waals surface area contributed by atoms with Gasteiger partial charge in [-0.1, -0.05) is 11.6 Å². The topological polar surface area (TPSA) is 15.3 Å². The molecule has 0 amide bonds. The maximum absolute atomic E-state index is 5.85. The molecule has 0 aromatic carbocycles. The molecule has 72 valence electrons. The van der Waals surface area contributed by atoms with Crippen LogP contribution < -0.4 is 5.32 Å². The molecule has 0 spiro atoms. The maximum Gasteiger partial charge on any atom is 0.105 e. The molecule has 13 heavy (non-hydrogen) atoms. The average Bonchev–Trinajstić information content (AvgIpc) is 2.34. The SMILES string of the molecule is CCN(CC)C1=CC=C(Cl)C=CN1. The van der Waals surface area contributed by atoms with Gasteiger partial charge >= 0.3 is 0 Å². The first kappa shape index (κ1) is 10.2. The zero-order chi connectivity index (χ0) is 9.68. The molecular weight excluding hydrogens is 184 g/mol. The van der Waals surface area contributed by atoms with Crippen molar-refractivity contribution in [1.29, 1.82) is 0 Å². The molecule has 1 N–H and O–H groups in total. The number of hydrogen-bond donors (Lipinski definition) is 1. The Bertz CT molecular complexity index is 250. The van der Waals surface area contributed by atoms with Gasteiger partial charge in [0.2, 0.25) is 0 Å². The Hall–Kier alpha value is -0.890. The summed E-state index contributed by atoms with van der Waals surface area (Å²) in [6, 6.07) is 0. The van der Waals surface area contributed by atoms with Crippen LogP contribution in [0.4, 0.5) is 0 Å². The Labute approximate surface area is 84.6 Å². The molecule has 2 nitrogen and oxygen atoms in total. The van der Waals surface area contributed by atoms with Crippen molar-refractivity contribution in [2.45, 2.75) is 13.8 Å². The van der Waals surface area contributed by atoms with E-state index in [1.807, 2.05) is 24.4 Å². The van der Waals surface area contributed by atoms with Gasteiger partial charge < -0.3 is 10.2 Å². The van der Waals surface area contributed by atoms with Crippen molar-refractivity contribution in [1.82, 2.24) is 10.2 Å². The molecule has 0 aliphatic carbocycles. The van der Waals surface area contributed by atoms with Crippen LogP contribution in [0.25, 0.3) is 0 Å². The molecule has 0 radical (unpaired) electrons. The molecule has 1 rings (SSSR count). The molecule has 1 aliphatic heterocycles. The molecule has 0 unspecified atom stereocenters. The fourth-order valence-electron chi connectivity index (χ4n) is 1.23. The van der Waals surface area contributed by atoms with Gasteiger partial charge in [-0.3, -0.25) is 0 Å². The van der Waals surface area contributed by atoms with Gasteiger partial charge in [0.05, 0.1) is 0 Å². The van der Waals surface area contributed by atoms with E-state index in [1.54, 1.807) is 0 Å². The summed E-state index contributed by atoms with van der Waals surface area (Å²) in [5, 5.41) is 3.93. The molecule has 3 heteroatoms. The second-order valence-electron chi connectivity index (χ2n) is 2.75. The zero-order valence-corrected chi connectivity index (χ0v) is 8.80. The average molecular weight is 199 g/mol. The summed E-state index contributed by atoms with van der Waals surface area (Å²) in [5.41, 5.74) is 0. The fourth-order valence-corrected chi connectivity index (χ4v) is 1.36. The first-order valence-corrected chi connectivity index (χ1v) is 4.91. The number of nitrogens with one attached hydrogen (secondary N) is 1. The van der Waals surface area contributed by atoms with E-state index < -0.39 is 0 Å². The third-order valence-corrected chi connectivity index (χ3v) is 2.23. The molecule has 0 aromatic heterocycles. The Morgan fingerprint density at radius 3 is 2.62 bits per heavy atom. The summed E-state index contributed by atoms with van der Waals surface area (Å²) in [6.45, 7) is 6.25. The minimum atomic E-state index is 0.745. The van der Waals surface area contributed by atoms with E-state index in [-0.39, 0.29) is 0 Å². The van der Waals surface area contributed by atoms with Gasteiger partial charge in [-0.2, -0.15) is 0 Å². The van der Waals surface area contributed by atoms with Gasteiger partial charge in [0, 0.05) is 24.3 Å². The van der Waals surface area contributed by atoms with Gasteiger partial charge in [0.15, 0.2) is 0 Å². The highest BCUT2D eigenvalue weighted by molar-refractivity contribution is 6.31. The first-order valence-electron chi connectivity index (χ1n) is 4.53. The van der Waals surface area contributed by atoms with Crippen molar-refractivity contribution in [3.63, 3.8) is 0 Å². The molecule has 0 fully saturated rings. The van der Waals surface area contributed by atoms with E-state index in [9.17, 15) is 0 Å². The normalized spacial score (nSPS) is 15.6. The van der Waals surface area contributed by atoms with Crippen LogP contribution in [0.1, 0.15) is 13.8 Å². The third kappa shape index (κ3) is 2.81. The highest BCUT2D eigenvalue weighted by atomic mass is 35.5. The summed E-state index contributed by atoms with van der Waals surface area (Å²) >= 11 is 5.85. The quantitative estimate of drug-likeness (QED) is 0.750. The second-order valence-corrected chi connectivity index (χ2v) is 3.19. The van der Waals surface area contributed by atoms with Crippen LogP contribution in [-0.2, 0) is 0 Å². The number of rotatable bonds is 3. The van der Waals surface area contributed by atoms with E-state index in [0.29, 0.717) is 0 Å². The first-order chi connectivity index (χ1) is 6.27. The summed E-state index contributed by atoms with van der Waals surface area (Å²) in [7, 11) is 0. The lowest BCUT2D eigenvalue weighted by Crippen LogP contribution is -2.28. The molecule has 1 heterocycles. The molecule has 0 bridgehead atoms. The predicted octanol–water partition coefficient (Wildman–Crippen LogP) is 2.41. The third-order valence-electron chi connectivity index (χ3n) is 1.98. The monoisotopic (exact) mass is 198 g/mol. The lowest BCUT2D eigenvalue weighted by atomic mass is 10.4. The van der Waals surface area contributed by atoms with Crippen molar-refractivity contribution in [3.8, 4) is 0 Å². The smallest absolute Gasteiger partial charge is 0.105 e. The van der Waals surface area contributed by atoms with Crippen LogP contribution in [0.5, 0.6) is 0 Å². The van der Waals surface area contributed by atoms with Gasteiger partial charge in [-0.05, 0) is 32.1 Å². The van der Waals surface area contributed by atoms with E-state index in [0.717, 1.165) is 23.9 Å². The summed E-state index contributed by atoms with van der Waals surface area (Å²) in [6.07, 6.45) is 7.59. The molecule has 1 aliphatic rings. The lowest BCUT2D eigenvalue weighted by molar-refractivity contribution is 0.364. The van der Waals surface area contributed by atoms with Crippen molar-refractivity contribution in [3.05, 3.63) is 35.3 Å². The maximum atomic E-state index is 5.85. The highest BCUT2D eigenvalue weighted by Gasteiger charge is 2.03. The molecule has 0 saturated carbocycles. The number of hydrogen-bond acceptors (Lipinski definition) is 2. The summed E-state index contributed by atoms with van der Waals surface area (Å²) in [5.74, 6) is 1.09. The minimum Gasteiger partial charge on any atom is -0.359 e. The fraction of sp³-hybridized carbons (Fsp3) is 0.400. The summed E-state index contributed by atoms with van der Waals surface area (Å²) in [4.78, 5) is 2.23. The molecule has 0 atom stereocenters. The number of allylic oxidation sites excluding steroid dienone is 4. The van der Waals surface area contributed by atoms with Gasteiger partial charge in [0.25, 0.3) is 0 Å². The Morgan fingerprint density at radius 1 is 1.31 bits per heavy atom. The summed E-state index contributed by atoms with van der Waals surface area (Å²) < 4.78 is 0. The van der Waals surface area contributed by atoms with Crippen LogP contribution in [-0.4, -0.2) is 18.0 Å². The molecular formula is C10H15ClN2. The van der Waals surface area contributed by atoms with Crippen LogP contribution in [0.15, 0.2) is 35.3 Å². The van der Waals surface area contributed by atoms with Crippen LogP contribution in [0.2, 0.25) is 0 Å². The number of nitrogens with zero attached hydrogens (tertiary/aromatic N) is 1. The molecule has 0 aromatic rings. The molecule has 0 saturated heterocycles. The van der Waals surface area contributed by atoms with E-state index >= 15 is 0 Å². The van der Waals surface area contributed by atoms with Gasteiger partial charge in [-0.25, -0.2) is 0 Å². The van der Waals surface area contributed by atoms with Crippen molar-refractivity contribution < 1.29 is 0 Å². The van der Waals surface area contributed by atoms with Gasteiger partial charge in [-0.15, -0.1) is 0 Å².